The van der Waals surface area contributed by atoms with Gasteiger partial charge in [-0.2, -0.15) is 0 Å². The highest BCUT2D eigenvalue weighted by atomic mass is 28.4. The number of isocyanates is 2. The molecular formula is C61H129N7O15Si3. The number of aliphatic hydroxyl groups is 3. The molecule has 0 aromatic heterocycles. The van der Waals surface area contributed by atoms with E-state index < -0.39 is 43.7 Å². The zero-order valence-corrected chi connectivity index (χ0v) is 59.9. The number of unbranched alkanes of at least 4 members (excludes halogenated alkanes) is 6. The second-order valence-electron chi connectivity index (χ2n) is 26.1. The minimum atomic E-state index is -2.79. The van der Waals surface area contributed by atoms with Crippen LogP contribution in [-0.2, 0) is 49.4 Å². The highest BCUT2D eigenvalue weighted by molar-refractivity contribution is 6.62. The van der Waals surface area contributed by atoms with Crippen molar-refractivity contribution in [1.82, 2.24) is 10.6 Å². The average Bonchev–Trinajstić information content (AvgIpc) is 0.765. The Bertz CT molecular complexity index is 1950. The maximum absolute atomic E-state index is 12.0. The standard InChI is InChI=1S/C21H43N3O4Si.C15H27NO4Si.C11H24O3.C7H15NO4Si.C6H16N2.CH4/c1-16-17(2)26-29(27-20(4,5)18(3)21(16,6)28-29)15-11-14-24-19(25)23-13-10-8-7-9-12-22;1-11-12(2)18-21(9-7-8-16-10-17)19-14(4,5)13(3)15(11,6)20-21;1-7(8(2)12)11(6,14)9(3)10(4,5)13;1-10-13(11-2,12-3)6-4-5-8-7-9;7-5-3-1-2-4-6-8;/h16-18H,7-15,22H2,1-6H3,(H2,23,24,25);11-13H,7-9H2,1-6H3;7-9,12-14H,1-6H3;4-6H2,1-3H3;1-8H2;1H4/t16-,17+,18+,21+,29?;11-,12+,13+,15+,21?;7-,8+,9+,11+;;;/m111.../s1. The van der Waals surface area contributed by atoms with Crippen LogP contribution < -0.4 is 27.8 Å². The van der Waals surface area contributed by atoms with Crippen molar-refractivity contribution < 1.29 is 69.5 Å². The molecule has 4 saturated heterocycles. The van der Waals surface area contributed by atoms with E-state index in [4.69, 9.17) is 57.0 Å². The number of aliphatic imine (C=N–C) groups is 2. The number of hydrogen-bond donors (Lipinski definition) is 8. The molecule has 4 rings (SSSR count). The van der Waals surface area contributed by atoms with Crippen molar-refractivity contribution >= 4 is 44.6 Å². The fraction of sp³-hybridized carbons (Fsp3) is 0.951. The van der Waals surface area contributed by atoms with Crippen LogP contribution in [0.3, 0.4) is 0 Å². The summed E-state index contributed by atoms with van der Waals surface area (Å²) in [6, 6.07) is 1.96. The van der Waals surface area contributed by atoms with Crippen LogP contribution in [0.5, 0.6) is 0 Å². The summed E-state index contributed by atoms with van der Waals surface area (Å²) >= 11 is 0. The summed E-state index contributed by atoms with van der Waals surface area (Å²) < 4.78 is 54.1. The third-order valence-corrected chi connectivity index (χ3v) is 28.4. The van der Waals surface area contributed by atoms with E-state index in [0.29, 0.717) is 56.5 Å². The van der Waals surface area contributed by atoms with Crippen molar-refractivity contribution in [3.05, 3.63) is 0 Å². The van der Waals surface area contributed by atoms with Crippen LogP contribution in [0, 0.1) is 35.5 Å². The summed E-state index contributed by atoms with van der Waals surface area (Å²) in [7, 11) is -3.30. The zero-order chi connectivity index (χ0) is 65.7. The van der Waals surface area contributed by atoms with Crippen molar-refractivity contribution in [3.8, 4) is 0 Å². The summed E-state index contributed by atoms with van der Waals surface area (Å²) in [6.45, 7) is 40.8. The Morgan fingerprint density at radius 1 is 0.616 bits per heavy atom. The summed E-state index contributed by atoms with van der Waals surface area (Å²) in [5.74, 6) is 0.577. The van der Waals surface area contributed by atoms with Gasteiger partial charge in [0, 0.05) is 88.1 Å². The van der Waals surface area contributed by atoms with Crippen molar-refractivity contribution in [2.24, 2.45) is 62.7 Å². The minimum Gasteiger partial charge on any atom is -0.393 e. The quantitative estimate of drug-likeness (QED) is 0.0144. The molecule has 14 atom stereocenters. The number of hydrogen-bond acceptors (Lipinski definition) is 20. The summed E-state index contributed by atoms with van der Waals surface area (Å²) in [5.41, 5.74) is 13.0. The van der Waals surface area contributed by atoms with Gasteiger partial charge in [0.1, 0.15) is 0 Å². The van der Waals surface area contributed by atoms with E-state index in [-0.39, 0.29) is 71.7 Å². The van der Waals surface area contributed by atoms with Crippen LogP contribution in [0.15, 0.2) is 9.98 Å². The molecule has 4 heterocycles. The molecule has 22 nitrogen and oxygen atoms in total. The number of nitrogens with one attached hydrogen (secondary N) is 2. The topological polar surface area (TPSA) is 322 Å². The predicted octanol–water partition coefficient (Wildman–Crippen LogP) is 9.19. The lowest BCUT2D eigenvalue weighted by Gasteiger charge is -2.62. The highest BCUT2D eigenvalue weighted by Crippen LogP contribution is 2.54. The molecule has 11 N–H and O–H groups in total. The first-order valence-electron chi connectivity index (χ1n) is 31.5. The molecule has 86 heavy (non-hydrogen) atoms. The average molecular weight is 1280 g/mol. The van der Waals surface area contributed by atoms with Crippen molar-refractivity contribution in [3.63, 3.8) is 0 Å². The Labute approximate surface area is 525 Å². The van der Waals surface area contributed by atoms with E-state index in [1.54, 1.807) is 69.0 Å². The van der Waals surface area contributed by atoms with E-state index in [1.165, 1.54) is 18.9 Å². The van der Waals surface area contributed by atoms with Gasteiger partial charge in [0.05, 0.1) is 65.0 Å². The lowest BCUT2D eigenvalue weighted by molar-refractivity contribution is -0.243. The van der Waals surface area contributed by atoms with Crippen molar-refractivity contribution in [1.29, 1.82) is 0 Å². The molecule has 4 fully saturated rings. The molecule has 510 valence electrons. The van der Waals surface area contributed by atoms with Gasteiger partial charge >= 0.3 is 32.4 Å². The Morgan fingerprint density at radius 3 is 1.33 bits per heavy atom. The SMILES string of the molecule is C.CO[Si](CCCN=C=O)(OC)OC.C[C@@H]1O[Si]2(CCCN=C=O)OC(C)(C)[C@H](C)[C@@](C)(O2)[C@@H]1C.C[C@@H]1O[Si]2(CCCNC(=O)NCCCCCCN)OC(C)(C)[C@H](C)[C@@](C)(O2)[C@@H]1C.C[C@H](O)[C@@H](C)[C@](C)(O)[C@@H](C)C(C)(C)O.NCCCCCCN. The van der Waals surface area contributed by atoms with Gasteiger partial charge < -0.3 is 83.0 Å². The smallest absolute Gasteiger partial charge is 0.393 e. The molecule has 0 spiro atoms. The largest absolute Gasteiger partial charge is 0.502 e. The van der Waals surface area contributed by atoms with Crippen LogP contribution in [0.4, 0.5) is 4.79 Å². The van der Waals surface area contributed by atoms with Crippen LogP contribution in [-0.4, -0.2) is 179 Å². The van der Waals surface area contributed by atoms with Crippen LogP contribution in [0.1, 0.15) is 203 Å². The Hall–Kier alpha value is -1.92. The number of nitrogens with zero attached hydrogens (tertiary/aromatic N) is 2. The Kier molecular flexibility index (Phi) is 40.2. The highest BCUT2D eigenvalue weighted by Gasteiger charge is 2.67. The van der Waals surface area contributed by atoms with Gasteiger partial charge in [-0.15, -0.1) is 0 Å². The first-order chi connectivity index (χ1) is 39.4. The summed E-state index contributed by atoms with van der Waals surface area (Å²) in [5, 5.41) is 35.3. The number of aliphatic hydroxyl groups excluding tert-OH is 1. The van der Waals surface area contributed by atoms with Gasteiger partial charge in [0.25, 0.3) is 0 Å². The van der Waals surface area contributed by atoms with Gasteiger partial charge in [0.2, 0.25) is 12.2 Å². The number of rotatable bonds is 30. The van der Waals surface area contributed by atoms with E-state index in [1.807, 2.05) is 0 Å². The normalized spacial score (nSPS) is 29.5. The molecule has 0 saturated carbocycles. The monoisotopic (exact) mass is 1280 g/mol. The number of urea groups is 1. The number of carbonyl (C=O) groups excluding carboxylic acids is 3. The van der Waals surface area contributed by atoms with Crippen molar-refractivity contribution in [2.75, 3.05) is 67.1 Å². The molecule has 0 radical (unpaired) electrons. The second-order valence-corrected chi connectivity index (χ2v) is 34.2. The molecule has 0 aromatic rings. The van der Waals surface area contributed by atoms with E-state index in [0.717, 1.165) is 77.0 Å². The Morgan fingerprint density at radius 2 is 0.977 bits per heavy atom. The summed E-state index contributed by atoms with van der Waals surface area (Å²) in [4.78, 5) is 39.0. The minimum absolute atomic E-state index is 0. The van der Waals surface area contributed by atoms with E-state index >= 15 is 0 Å². The number of fused-ring (bicyclic) bond motifs is 4. The first kappa shape index (κ1) is 86.1. The lowest BCUT2D eigenvalue weighted by atomic mass is 9.71. The van der Waals surface area contributed by atoms with Gasteiger partial charge in [-0.25, -0.2) is 24.4 Å². The number of carbonyl (C=O) groups is 1. The fourth-order valence-electron chi connectivity index (χ4n) is 11.4. The molecule has 0 aromatic carbocycles. The summed E-state index contributed by atoms with van der Waals surface area (Å²) in [6.07, 6.45) is 13.9. The Balaban J connectivity index is 0. The fourth-order valence-corrected chi connectivity index (χ4v) is 20.8. The zero-order valence-electron chi connectivity index (χ0n) is 56.9. The molecule has 0 aliphatic carbocycles. The van der Waals surface area contributed by atoms with Crippen LogP contribution in [0.25, 0.3) is 0 Å². The third-order valence-electron chi connectivity index (χ3n) is 19.0. The third kappa shape index (κ3) is 26.7. The van der Waals surface area contributed by atoms with Crippen LogP contribution >= 0.6 is 0 Å². The predicted molar refractivity (Wildman–Crippen MR) is 349 cm³/mol. The van der Waals surface area contributed by atoms with Crippen LogP contribution in [0.2, 0.25) is 18.1 Å². The molecule has 4 aliphatic heterocycles. The van der Waals surface area contributed by atoms with Gasteiger partial charge in [-0.05, 0) is 148 Å². The molecule has 4 aliphatic rings. The number of amides is 2. The maximum Gasteiger partial charge on any atom is 0.502 e. The molecular weight excluding hydrogens is 1150 g/mol. The molecule has 2 amide bonds. The number of nitrogens with two attached hydrogens (primary N) is 3. The molecule has 25 heteroatoms. The van der Waals surface area contributed by atoms with E-state index in [9.17, 15) is 29.7 Å². The molecule has 2 unspecified atom stereocenters. The van der Waals surface area contributed by atoms with Gasteiger partial charge in [0.15, 0.2) is 0 Å². The lowest BCUT2D eigenvalue weighted by Crippen LogP contribution is -2.73. The van der Waals surface area contributed by atoms with E-state index in [2.05, 4.69) is 104 Å². The maximum atomic E-state index is 12.0. The molecule has 4 bridgehead atoms. The second kappa shape index (κ2) is 40.1. The first-order valence-corrected chi connectivity index (χ1v) is 37.3. The van der Waals surface area contributed by atoms with Gasteiger partial charge in [-0.3, -0.25) is 0 Å². The van der Waals surface area contributed by atoms with Crippen molar-refractivity contribution in [2.45, 2.75) is 273 Å². The van der Waals surface area contributed by atoms with Gasteiger partial charge in [-0.1, -0.05) is 74.7 Å².